The van der Waals surface area contributed by atoms with E-state index in [1.165, 1.54) is 5.56 Å². The summed E-state index contributed by atoms with van der Waals surface area (Å²) in [6.45, 7) is 3.84. The van der Waals surface area contributed by atoms with Gasteiger partial charge in [0.05, 0.1) is 5.56 Å². The summed E-state index contributed by atoms with van der Waals surface area (Å²) in [5.74, 6) is 0.983. The number of anilines is 1. The molecule has 0 aliphatic carbocycles. The van der Waals surface area contributed by atoms with Gasteiger partial charge in [-0.05, 0) is 48.7 Å². The second-order valence-electron chi connectivity index (χ2n) is 6.38. The molecule has 1 atom stereocenters. The van der Waals surface area contributed by atoms with E-state index in [1.54, 1.807) is 24.4 Å². The lowest BCUT2D eigenvalue weighted by Gasteiger charge is -2.16. The predicted molar refractivity (Wildman–Crippen MR) is 95.8 cm³/mol. The average molecular weight is 335 g/mol. The molecular formula is C19H21N5O. The van der Waals surface area contributed by atoms with E-state index in [9.17, 15) is 4.79 Å². The van der Waals surface area contributed by atoms with Crippen molar-refractivity contribution < 1.29 is 4.79 Å². The summed E-state index contributed by atoms with van der Waals surface area (Å²) < 4.78 is 0. The van der Waals surface area contributed by atoms with E-state index in [-0.39, 0.29) is 0 Å². The Balaban J connectivity index is 1.46. The molecule has 1 amide bonds. The van der Waals surface area contributed by atoms with Crippen LogP contribution in [0.25, 0.3) is 0 Å². The summed E-state index contributed by atoms with van der Waals surface area (Å²) in [6.07, 6.45) is 2.72. The molecular weight excluding hydrogens is 314 g/mol. The van der Waals surface area contributed by atoms with Crippen LogP contribution in [0.3, 0.4) is 0 Å². The van der Waals surface area contributed by atoms with Crippen molar-refractivity contribution in [3.63, 3.8) is 0 Å². The van der Waals surface area contributed by atoms with Crippen LogP contribution in [0.5, 0.6) is 0 Å². The van der Waals surface area contributed by atoms with Crippen LogP contribution < -0.4 is 11.1 Å². The number of primary amides is 1. The van der Waals surface area contributed by atoms with Crippen molar-refractivity contribution in [2.75, 3.05) is 25.0 Å². The monoisotopic (exact) mass is 335 g/mol. The van der Waals surface area contributed by atoms with Crippen LogP contribution in [-0.4, -0.2) is 35.4 Å². The molecule has 3 rings (SSSR count). The van der Waals surface area contributed by atoms with E-state index in [0.717, 1.165) is 38.4 Å². The van der Waals surface area contributed by atoms with Crippen molar-refractivity contribution in [1.82, 2.24) is 9.88 Å². The molecule has 25 heavy (non-hydrogen) atoms. The Morgan fingerprint density at radius 3 is 2.76 bits per heavy atom. The molecule has 0 radical (unpaired) electrons. The Labute approximate surface area is 147 Å². The van der Waals surface area contributed by atoms with Gasteiger partial charge >= 0.3 is 0 Å². The van der Waals surface area contributed by atoms with Crippen molar-refractivity contribution in [3.8, 4) is 6.07 Å². The maximum atomic E-state index is 11.1. The molecule has 0 spiro atoms. The van der Waals surface area contributed by atoms with Gasteiger partial charge in [0, 0.05) is 31.4 Å². The molecule has 2 aromatic rings. The highest BCUT2D eigenvalue weighted by molar-refractivity contribution is 5.92. The van der Waals surface area contributed by atoms with Gasteiger partial charge in [-0.25, -0.2) is 4.98 Å². The number of carbonyl (C=O) groups is 1. The molecule has 0 saturated carbocycles. The second kappa shape index (κ2) is 7.77. The zero-order valence-corrected chi connectivity index (χ0v) is 14.0. The van der Waals surface area contributed by atoms with Gasteiger partial charge in [-0.2, -0.15) is 5.26 Å². The lowest BCUT2D eigenvalue weighted by molar-refractivity contribution is 0.100. The third-order valence-electron chi connectivity index (χ3n) is 4.48. The van der Waals surface area contributed by atoms with Gasteiger partial charge < -0.3 is 11.1 Å². The quantitative estimate of drug-likeness (QED) is 0.842. The predicted octanol–water partition coefficient (Wildman–Crippen LogP) is 1.99. The van der Waals surface area contributed by atoms with Crippen molar-refractivity contribution in [1.29, 1.82) is 5.26 Å². The normalized spacial score (nSPS) is 17.2. The molecule has 3 N–H and O–H groups in total. The lowest BCUT2D eigenvalue weighted by Crippen LogP contribution is -2.23. The number of nitrogens with two attached hydrogens (primary N) is 1. The number of nitrogens with one attached hydrogen (secondary N) is 1. The number of pyridine rings is 1. The topological polar surface area (TPSA) is 95.0 Å². The fraction of sp³-hybridized carbons (Fsp3) is 0.316. The number of carbonyl (C=O) groups excluding carboxylic acids is 1. The maximum absolute atomic E-state index is 11.1. The Bertz CT molecular complexity index is 764. The third kappa shape index (κ3) is 4.55. The molecule has 2 heterocycles. The molecule has 1 aliphatic heterocycles. The Morgan fingerprint density at radius 2 is 2.12 bits per heavy atom. The van der Waals surface area contributed by atoms with Crippen molar-refractivity contribution in [3.05, 3.63) is 59.3 Å². The smallest absolute Gasteiger partial charge is 0.248 e. The van der Waals surface area contributed by atoms with Gasteiger partial charge in [0.15, 0.2) is 0 Å². The number of amides is 1. The van der Waals surface area contributed by atoms with Gasteiger partial charge in [-0.1, -0.05) is 12.1 Å². The number of rotatable bonds is 6. The fourth-order valence-corrected chi connectivity index (χ4v) is 3.07. The van der Waals surface area contributed by atoms with E-state index in [4.69, 9.17) is 11.0 Å². The number of hydrogen-bond acceptors (Lipinski definition) is 5. The number of nitriles is 1. The van der Waals surface area contributed by atoms with Gasteiger partial charge in [0.25, 0.3) is 0 Å². The molecule has 128 valence electrons. The zero-order valence-electron chi connectivity index (χ0n) is 14.0. The fourth-order valence-electron chi connectivity index (χ4n) is 3.07. The first-order valence-corrected chi connectivity index (χ1v) is 8.35. The second-order valence-corrected chi connectivity index (χ2v) is 6.38. The zero-order chi connectivity index (χ0) is 17.6. The van der Waals surface area contributed by atoms with Crippen LogP contribution in [0.2, 0.25) is 0 Å². The van der Waals surface area contributed by atoms with E-state index in [2.05, 4.69) is 21.3 Å². The first-order valence-electron chi connectivity index (χ1n) is 8.35. The van der Waals surface area contributed by atoms with E-state index in [1.807, 2.05) is 18.2 Å². The van der Waals surface area contributed by atoms with Crippen LogP contribution in [-0.2, 0) is 6.54 Å². The highest BCUT2D eigenvalue weighted by atomic mass is 16.1. The minimum absolute atomic E-state index is 0.393. The first-order chi connectivity index (χ1) is 12.1. The number of nitrogens with zero attached hydrogens (tertiary/aromatic N) is 3. The maximum Gasteiger partial charge on any atom is 0.248 e. The summed E-state index contributed by atoms with van der Waals surface area (Å²) >= 11 is 0. The summed E-state index contributed by atoms with van der Waals surface area (Å²) in [7, 11) is 0. The molecule has 1 aliphatic rings. The molecule has 0 unspecified atom stereocenters. The average Bonchev–Trinajstić information content (AvgIpc) is 3.08. The number of likely N-dealkylation sites (tertiary alicyclic amines) is 1. The SMILES string of the molecule is N#Cc1ccc(NC[C@@H]2CCN(Cc3ccc(C(N)=O)cc3)C2)nc1. The third-order valence-corrected chi connectivity index (χ3v) is 4.48. The number of aromatic nitrogens is 1. The summed E-state index contributed by atoms with van der Waals surface area (Å²) in [4.78, 5) is 17.8. The minimum atomic E-state index is -0.393. The summed E-state index contributed by atoms with van der Waals surface area (Å²) in [5.41, 5.74) is 7.57. The van der Waals surface area contributed by atoms with Crippen LogP contribution in [0, 0.1) is 17.2 Å². The van der Waals surface area contributed by atoms with Gasteiger partial charge in [0.1, 0.15) is 11.9 Å². The highest BCUT2D eigenvalue weighted by Gasteiger charge is 2.22. The van der Waals surface area contributed by atoms with Gasteiger partial charge in [0.2, 0.25) is 5.91 Å². The molecule has 1 saturated heterocycles. The van der Waals surface area contributed by atoms with Crippen molar-refractivity contribution >= 4 is 11.7 Å². The standard InChI is InChI=1S/C19H21N5O/c20-9-15-3-6-18(22-10-15)23-11-16-7-8-24(13-16)12-14-1-4-17(5-2-14)19(21)25/h1-6,10,16H,7-8,11-13H2,(H2,21,25)(H,22,23)/t16-/m0/s1. The van der Waals surface area contributed by atoms with E-state index in [0.29, 0.717) is 17.0 Å². The molecule has 1 aromatic carbocycles. The molecule has 1 aromatic heterocycles. The van der Waals surface area contributed by atoms with E-state index >= 15 is 0 Å². The van der Waals surface area contributed by atoms with Gasteiger partial charge in [-0.3, -0.25) is 9.69 Å². The van der Waals surface area contributed by atoms with Crippen LogP contribution in [0.4, 0.5) is 5.82 Å². The summed E-state index contributed by atoms with van der Waals surface area (Å²) in [6, 6.07) is 13.2. The Morgan fingerprint density at radius 1 is 1.32 bits per heavy atom. The van der Waals surface area contributed by atoms with Crippen LogP contribution in [0.1, 0.15) is 27.9 Å². The molecule has 1 fully saturated rings. The lowest BCUT2D eigenvalue weighted by atomic mass is 10.1. The van der Waals surface area contributed by atoms with Crippen molar-refractivity contribution in [2.24, 2.45) is 11.7 Å². The van der Waals surface area contributed by atoms with Crippen LogP contribution >= 0.6 is 0 Å². The number of hydrogen-bond donors (Lipinski definition) is 2. The molecule has 6 nitrogen and oxygen atoms in total. The molecule has 6 heteroatoms. The van der Waals surface area contributed by atoms with E-state index < -0.39 is 5.91 Å². The Kier molecular flexibility index (Phi) is 5.26. The van der Waals surface area contributed by atoms with Crippen LogP contribution in [0.15, 0.2) is 42.6 Å². The highest BCUT2D eigenvalue weighted by Crippen LogP contribution is 2.19. The minimum Gasteiger partial charge on any atom is -0.370 e. The van der Waals surface area contributed by atoms with Crippen molar-refractivity contribution in [2.45, 2.75) is 13.0 Å². The largest absolute Gasteiger partial charge is 0.370 e. The summed E-state index contributed by atoms with van der Waals surface area (Å²) in [5, 5.41) is 12.1. The number of benzene rings is 1. The molecule has 0 bridgehead atoms. The Hall–Kier alpha value is -2.91. The van der Waals surface area contributed by atoms with Gasteiger partial charge in [-0.15, -0.1) is 0 Å². The first kappa shape index (κ1) is 16.9.